The zero-order chi connectivity index (χ0) is 23.1. The third-order valence-corrected chi connectivity index (χ3v) is 6.32. The highest BCUT2D eigenvalue weighted by Gasteiger charge is 2.50. The Labute approximate surface area is 187 Å². The fourth-order valence-electron chi connectivity index (χ4n) is 4.19. The summed E-state index contributed by atoms with van der Waals surface area (Å²) < 4.78 is 5.05. The average molecular weight is 447 g/mol. The van der Waals surface area contributed by atoms with E-state index in [9.17, 15) is 30.3 Å². The smallest absolute Gasteiger partial charge is 0.306 e. The predicted octanol–water partition coefficient (Wildman–Crippen LogP) is 2.98. The Morgan fingerprint density at radius 1 is 0.548 bits per heavy atom. The number of hydrogen-bond acceptors (Lipinski definition) is 7. The molecule has 0 radical (unpaired) electrons. The fraction of sp³-hybridized carbons (Fsp3) is 0.958. The van der Waals surface area contributed by atoms with Crippen LogP contribution in [-0.4, -0.2) is 68.1 Å². The van der Waals surface area contributed by atoms with Crippen molar-refractivity contribution < 1.29 is 35.1 Å². The van der Waals surface area contributed by atoms with E-state index in [0.29, 0.717) is 6.42 Å². The molecule has 0 aromatic heterocycles. The maximum absolute atomic E-state index is 12.0. The second kappa shape index (κ2) is 16.8. The van der Waals surface area contributed by atoms with Crippen molar-refractivity contribution in [3.63, 3.8) is 0 Å². The molecule has 0 aromatic rings. The molecule has 184 valence electrons. The van der Waals surface area contributed by atoms with Gasteiger partial charge < -0.3 is 30.3 Å². The number of rotatable bonds is 17. The third kappa shape index (κ3) is 11.1. The van der Waals surface area contributed by atoms with Crippen molar-refractivity contribution in [1.29, 1.82) is 0 Å². The first-order chi connectivity index (χ1) is 14.9. The molecule has 0 saturated heterocycles. The number of unbranched alkanes of at least 4 members (excludes halogenated alkanes) is 14. The van der Waals surface area contributed by atoms with E-state index in [4.69, 9.17) is 4.74 Å². The molecule has 2 unspecified atom stereocenters. The lowest BCUT2D eigenvalue weighted by molar-refractivity contribution is -0.233. The fourth-order valence-corrected chi connectivity index (χ4v) is 4.19. The Balaban J connectivity index is 1.97. The predicted molar refractivity (Wildman–Crippen MR) is 119 cm³/mol. The van der Waals surface area contributed by atoms with Crippen LogP contribution >= 0.6 is 0 Å². The van der Waals surface area contributed by atoms with Crippen molar-refractivity contribution in [2.24, 2.45) is 0 Å². The standard InChI is InChI=1S/C24H46O7/c1-2-3-4-5-6-7-8-9-10-11-12-13-14-15-16-17-18(25)31-24-22(29)20(27)19(26)21(28)23(24)30/h19-24,26-30H,2-17H2,1H3/t19?,20-,21+,22-,23-,24?/m0/s1. The van der Waals surface area contributed by atoms with Gasteiger partial charge in [-0.3, -0.25) is 4.79 Å². The van der Waals surface area contributed by atoms with E-state index in [1.807, 2.05) is 0 Å². The number of carbonyl (C=O) groups excluding carboxylic acids is 1. The molecule has 1 aliphatic carbocycles. The average Bonchev–Trinajstić information content (AvgIpc) is 2.76. The molecule has 5 N–H and O–H groups in total. The molecule has 0 spiro atoms. The molecule has 1 rings (SSSR count). The topological polar surface area (TPSA) is 127 Å². The van der Waals surface area contributed by atoms with Crippen LogP contribution in [0.2, 0.25) is 0 Å². The van der Waals surface area contributed by atoms with Gasteiger partial charge in [0.05, 0.1) is 0 Å². The molecule has 1 fully saturated rings. The molecule has 0 aromatic carbocycles. The summed E-state index contributed by atoms with van der Waals surface area (Å²) in [4.78, 5) is 12.0. The van der Waals surface area contributed by atoms with Gasteiger partial charge in [0.15, 0.2) is 6.10 Å². The van der Waals surface area contributed by atoms with Crippen LogP contribution in [-0.2, 0) is 9.53 Å². The third-order valence-electron chi connectivity index (χ3n) is 6.32. The van der Waals surface area contributed by atoms with Gasteiger partial charge in [0.25, 0.3) is 0 Å². The zero-order valence-electron chi connectivity index (χ0n) is 19.3. The van der Waals surface area contributed by atoms with Gasteiger partial charge in [-0.15, -0.1) is 0 Å². The number of esters is 1. The van der Waals surface area contributed by atoms with E-state index in [2.05, 4.69) is 6.92 Å². The Hall–Kier alpha value is -0.730. The van der Waals surface area contributed by atoms with Crippen LogP contribution in [0, 0.1) is 0 Å². The summed E-state index contributed by atoms with van der Waals surface area (Å²) in [5.74, 6) is -0.589. The monoisotopic (exact) mass is 446 g/mol. The molecule has 6 atom stereocenters. The minimum atomic E-state index is -1.68. The van der Waals surface area contributed by atoms with Crippen LogP contribution < -0.4 is 0 Å². The largest absolute Gasteiger partial charge is 0.457 e. The lowest BCUT2D eigenvalue weighted by atomic mass is 9.85. The summed E-state index contributed by atoms with van der Waals surface area (Å²) in [6.07, 6.45) is 8.84. The molecule has 0 aliphatic heterocycles. The van der Waals surface area contributed by atoms with E-state index in [1.165, 1.54) is 70.6 Å². The molecule has 0 bridgehead atoms. The molecular weight excluding hydrogens is 400 g/mol. The van der Waals surface area contributed by atoms with Crippen LogP contribution in [0.4, 0.5) is 0 Å². The molecular formula is C24H46O7. The summed E-state index contributed by atoms with van der Waals surface area (Å²) in [7, 11) is 0. The van der Waals surface area contributed by atoms with Crippen molar-refractivity contribution in [2.45, 2.75) is 146 Å². The molecule has 1 saturated carbocycles. The summed E-state index contributed by atoms with van der Waals surface area (Å²) in [5, 5.41) is 48.7. The van der Waals surface area contributed by atoms with Crippen LogP contribution in [0.1, 0.15) is 110 Å². The first-order valence-corrected chi connectivity index (χ1v) is 12.5. The summed E-state index contributed by atoms with van der Waals surface area (Å²) in [5.41, 5.74) is 0. The highest BCUT2D eigenvalue weighted by atomic mass is 16.6. The van der Waals surface area contributed by atoms with E-state index in [-0.39, 0.29) is 6.42 Å². The minimum absolute atomic E-state index is 0.156. The lowest BCUT2D eigenvalue weighted by Gasteiger charge is -2.41. The van der Waals surface area contributed by atoms with Gasteiger partial charge in [0.1, 0.15) is 30.5 Å². The number of carbonyl (C=O) groups is 1. The van der Waals surface area contributed by atoms with Crippen LogP contribution in [0.5, 0.6) is 0 Å². The molecule has 0 amide bonds. The van der Waals surface area contributed by atoms with Crippen LogP contribution in [0.3, 0.4) is 0 Å². The minimum Gasteiger partial charge on any atom is -0.457 e. The van der Waals surface area contributed by atoms with Gasteiger partial charge in [0, 0.05) is 6.42 Å². The summed E-state index contributed by atoms with van der Waals surface area (Å²) in [6, 6.07) is 0. The first kappa shape index (κ1) is 28.3. The molecule has 7 nitrogen and oxygen atoms in total. The number of ether oxygens (including phenoxy) is 1. The highest BCUT2D eigenvalue weighted by molar-refractivity contribution is 5.69. The summed E-state index contributed by atoms with van der Waals surface area (Å²) in [6.45, 7) is 2.25. The molecule has 7 heteroatoms. The normalized spacial score (nSPS) is 28.6. The van der Waals surface area contributed by atoms with E-state index < -0.39 is 42.6 Å². The van der Waals surface area contributed by atoms with Gasteiger partial charge in [-0.2, -0.15) is 0 Å². The first-order valence-electron chi connectivity index (χ1n) is 12.5. The second-order valence-electron chi connectivity index (χ2n) is 9.11. The maximum Gasteiger partial charge on any atom is 0.306 e. The van der Waals surface area contributed by atoms with Gasteiger partial charge >= 0.3 is 5.97 Å². The summed E-state index contributed by atoms with van der Waals surface area (Å²) >= 11 is 0. The second-order valence-corrected chi connectivity index (χ2v) is 9.11. The zero-order valence-corrected chi connectivity index (χ0v) is 19.3. The van der Waals surface area contributed by atoms with Gasteiger partial charge in [-0.25, -0.2) is 0 Å². The highest BCUT2D eigenvalue weighted by Crippen LogP contribution is 2.24. The van der Waals surface area contributed by atoms with Crippen LogP contribution in [0.15, 0.2) is 0 Å². The van der Waals surface area contributed by atoms with Crippen molar-refractivity contribution in [2.75, 3.05) is 0 Å². The Morgan fingerprint density at radius 3 is 1.26 bits per heavy atom. The number of hydrogen-bond donors (Lipinski definition) is 5. The van der Waals surface area contributed by atoms with E-state index >= 15 is 0 Å². The Morgan fingerprint density at radius 2 is 0.871 bits per heavy atom. The van der Waals surface area contributed by atoms with E-state index in [1.54, 1.807) is 0 Å². The van der Waals surface area contributed by atoms with Gasteiger partial charge in [-0.1, -0.05) is 96.8 Å². The number of aliphatic hydroxyl groups is 5. The van der Waals surface area contributed by atoms with Crippen molar-refractivity contribution in [1.82, 2.24) is 0 Å². The molecule has 31 heavy (non-hydrogen) atoms. The van der Waals surface area contributed by atoms with Crippen molar-refractivity contribution >= 4 is 5.97 Å². The molecule has 0 heterocycles. The van der Waals surface area contributed by atoms with Gasteiger partial charge in [0.2, 0.25) is 0 Å². The van der Waals surface area contributed by atoms with Gasteiger partial charge in [-0.05, 0) is 6.42 Å². The number of aliphatic hydroxyl groups excluding tert-OH is 5. The lowest BCUT2D eigenvalue weighted by Crippen LogP contribution is -2.64. The Kier molecular flexibility index (Phi) is 15.4. The van der Waals surface area contributed by atoms with Crippen molar-refractivity contribution in [3.8, 4) is 0 Å². The quantitative estimate of drug-likeness (QED) is 0.172. The van der Waals surface area contributed by atoms with E-state index in [0.717, 1.165) is 19.3 Å². The Bertz CT molecular complexity index is 443. The van der Waals surface area contributed by atoms with Crippen LogP contribution in [0.25, 0.3) is 0 Å². The SMILES string of the molecule is CCCCCCCCCCCCCCCCCC(=O)OC1[C@@H](O)[C@H](O)C(O)[C@H](O)[C@@H]1O. The van der Waals surface area contributed by atoms with Crippen molar-refractivity contribution in [3.05, 3.63) is 0 Å². The molecule has 1 aliphatic rings. The maximum atomic E-state index is 12.0.